The van der Waals surface area contributed by atoms with Crippen LogP contribution >= 0.6 is 0 Å². The van der Waals surface area contributed by atoms with Crippen molar-refractivity contribution in [1.29, 1.82) is 0 Å². The molecule has 92 valence electrons. The average Bonchev–Trinajstić information content (AvgIpc) is 2.25. The Hall–Kier alpha value is -2.24. The van der Waals surface area contributed by atoms with Crippen molar-refractivity contribution in [2.24, 2.45) is 5.73 Å². The molecular formula is C11H15N3O3. The molecule has 0 saturated carbocycles. The van der Waals surface area contributed by atoms with Crippen LogP contribution in [-0.2, 0) is 0 Å². The third-order valence-electron chi connectivity index (χ3n) is 2.15. The maximum atomic E-state index is 11.0. The third-order valence-corrected chi connectivity index (χ3v) is 2.15. The lowest BCUT2D eigenvalue weighted by Gasteiger charge is -2.10. The maximum absolute atomic E-state index is 11.0. The molecule has 0 atom stereocenters. The summed E-state index contributed by atoms with van der Waals surface area (Å²) in [6.07, 6.45) is 0. The van der Waals surface area contributed by atoms with Gasteiger partial charge in [-0.2, -0.15) is 0 Å². The number of hydrogen-bond donors (Lipinski definition) is 4. The number of carbonyl (C=O) groups is 2. The quantitative estimate of drug-likeness (QED) is 0.568. The van der Waals surface area contributed by atoms with Gasteiger partial charge in [0.25, 0.3) is 0 Å². The molecule has 0 bridgehead atoms. The Morgan fingerprint density at radius 3 is 2.65 bits per heavy atom. The highest BCUT2D eigenvalue weighted by atomic mass is 16.4. The highest BCUT2D eigenvalue weighted by Crippen LogP contribution is 2.16. The Balaban J connectivity index is 2.64. The number of urea groups is 1. The summed E-state index contributed by atoms with van der Waals surface area (Å²) >= 11 is 0. The molecule has 6 nitrogen and oxygen atoms in total. The number of rotatable bonds is 5. The van der Waals surface area contributed by atoms with E-state index in [0.717, 1.165) is 5.56 Å². The molecule has 0 aliphatic heterocycles. The van der Waals surface area contributed by atoms with Crippen molar-refractivity contribution in [3.63, 3.8) is 0 Å². The van der Waals surface area contributed by atoms with Gasteiger partial charge in [-0.15, -0.1) is 0 Å². The highest BCUT2D eigenvalue weighted by molar-refractivity contribution is 5.94. The summed E-state index contributed by atoms with van der Waals surface area (Å²) in [7, 11) is 0. The number of carbonyl (C=O) groups excluding carboxylic acids is 1. The van der Waals surface area contributed by atoms with Gasteiger partial charge in [0.15, 0.2) is 0 Å². The van der Waals surface area contributed by atoms with E-state index in [1.54, 1.807) is 12.1 Å². The first-order chi connectivity index (χ1) is 8.00. The van der Waals surface area contributed by atoms with Gasteiger partial charge in [-0.1, -0.05) is 11.6 Å². The first kappa shape index (κ1) is 12.8. The van der Waals surface area contributed by atoms with E-state index in [0.29, 0.717) is 18.8 Å². The molecule has 1 aromatic rings. The predicted molar refractivity (Wildman–Crippen MR) is 64.2 cm³/mol. The SMILES string of the molecule is Cc1ccc(NCCNC(N)=O)c(C(=O)O)c1. The highest BCUT2D eigenvalue weighted by Gasteiger charge is 2.09. The fraction of sp³-hybridized carbons (Fsp3) is 0.273. The van der Waals surface area contributed by atoms with Gasteiger partial charge in [-0.3, -0.25) is 0 Å². The van der Waals surface area contributed by atoms with Crippen LogP contribution in [-0.4, -0.2) is 30.2 Å². The minimum absolute atomic E-state index is 0.212. The molecule has 1 rings (SSSR count). The minimum Gasteiger partial charge on any atom is -0.478 e. The van der Waals surface area contributed by atoms with Crippen molar-refractivity contribution >= 4 is 17.7 Å². The van der Waals surface area contributed by atoms with E-state index in [-0.39, 0.29) is 5.56 Å². The Morgan fingerprint density at radius 2 is 2.06 bits per heavy atom. The first-order valence-corrected chi connectivity index (χ1v) is 5.12. The first-order valence-electron chi connectivity index (χ1n) is 5.12. The number of nitrogens with two attached hydrogens (primary N) is 1. The monoisotopic (exact) mass is 237 g/mol. The van der Waals surface area contributed by atoms with Gasteiger partial charge in [0.1, 0.15) is 0 Å². The molecule has 0 aromatic heterocycles. The third kappa shape index (κ3) is 4.02. The second-order valence-electron chi connectivity index (χ2n) is 3.57. The fourth-order valence-electron chi connectivity index (χ4n) is 1.37. The van der Waals surface area contributed by atoms with Gasteiger partial charge in [0.05, 0.1) is 5.56 Å². The van der Waals surface area contributed by atoms with Gasteiger partial charge < -0.3 is 21.5 Å². The summed E-state index contributed by atoms with van der Waals surface area (Å²) in [5, 5.41) is 14.3. The van der Waals surface area contributed by atoms with E-state index in [1.807, 2.05) is 13.0 Å². The van der Waals surface area contributed by atoms with Crippen LogP contribution < -0.4 is 16.4 Å². The van der Waals surface area contributed by atoms with E-state index in [4.69, 9.17) is 10.8 Å². The van der Waals surface area contributed by atoms with Gasteiger partial charge in [0, 0.05) is 18.8 Å². The molecule has 0 saturated heterocycles. The van der Waals surface area contributed by atoms with E-state index >= 15 is 0 Å². The minimum atomic E-state index is -0.987. The largest absolute Gasteiger partial charge is 0.478 e. The second kappa shape index (κ2) is 5.74. The number of nitrogens with one attached hydrogen (secondary N) is 2. The summed E-state index contributed by atoms with van der Waals surface area (Å²) in [5.74, 6) is -0.987. The molecule has 17 heavy (non-hydrogen) atoms. The van der Waals surface area contributed by atoms with Crippen molar-refractivity contribution in [2.45, 2.75) is 6.92 Å². The van der Waals surface area contributed by atoms with Crippen molar-refractivity contribution in [3.8, 4) is 0 Å². The molecule has 6 heteroatoms. The average molecular weight is 237 g/mol. The van der Waals surface area contributed by atoms with Crippen LogP contribution in [0.1, 0.15) is 15.9 Å². The van der Waals surface area contributed by atoms with Crippen LogP contribution in [0, 0.1) is 6.92 Å². The molecule has 1 aromatic carbocycles. The van der Waals surface area contributed by atoms with Crippen LogP contribution in [0.3, 0.4) is 0 Å². The number of aromatic carboxylic acids is 1. The zero-order valence-corrected chi connectivity index (χ0v) is 9.49. The van der Waals surface area contributed by atoms with Crippen molar-refractivity contribution in [3.05, 3.63) is 29.3 Å². The van der Waals surface area contributed by atoms with Gasteiger partial charge in [-0.25, -0.2) is 9.59 Å². The van der Waals surface area contributed by atoms with Crippen molar-refractivity contribution < 1.29 is 14.7 Å². The molecular weight excluding hydrogens is 222 g/mol. The lowest BCUT2D eigenvalue weighted by atomic mass is 10.1. The second-order valence-corrected chi connectivity index (χ2v) is 3.57. The topological polar surface area (TPSA) is 104 Å². The molecule has 0 heterocycles. The van der Waals surface area contributed by atoms with Crippen LogP contribution in [0.4, 0.5) is 10.5 Å². The number of amides is 2. The Bertz CT molecular complexity index is 432. The van der Waals surface area contributed by atoms with E-state index < -0.39 is 12.0 Å². The van der Waals surface area contributed by atoms with Crippen LogP contribution in [0.25, 0.3) is 0 Å². The number of benzene rings is 1. The van der Waals surface area contributed by atoms with Gasteiger partial charge in [0.2, 0.25) is 0 Å². The molecule has 0 aliphatic carbocycles. The van der Waals surface area contributed by atoms with Crippen LogP contribution in [0.2, 0.25) is 0 Å². The summed E-state index contributed by atoms with van der Waals surface area (Å²) in [6.45, 7) is 2.57. The Morgan fingerprint density at radius 1 is 1.35 bits per heavy atom. The van der Waals surface area contributed by atoms with Crippen LogP contribution in [0.15, 0.2) is 18.2 Å². The molecule has 0 unspecified atom stereocenters. The van der Waals surface area contributed by atoms with E-state index in [9.17, 15) is 9.59 Å². The number of aryl methyl sites for hydroxylation is 1. The number of hydrogen-bond acceptors (Lipinski definition) is 3. The normalized spacial score (nSPS) is 9.71. The van der Waals surface area contributed by atoms with Gasteiger partial charge in [-0.05, 0) is 19.1 Å². The lowest BCUT2D eigenvalue weighted by molar-refractivity contribution is 0.0697. The van der Waals surface area contributed by atoms with Gasteiger partial charge >= 0.3 is 12.0 Å². The van der Waals surface area contributed by atoms with E-state index in [1.165, 1.54) is 0 Å². The molecule has 0 fully saturated rings. The van der Waals surface area contributed by atoms with Crippen LogP contribution in [0.5, 0.6) is 0 Å². The van der Waals surface area contributed by atoms with E-state index in [2.05, 4.69) is 10.6 Å². The Kier molecular flexibility index (Phi) is 4.33. The maximum Gasteiger partial charge on any atom is 0.337 e. The predicted octanol–water partition coefficient (Wildman–Crippen LogP) is 0.773. The number of carboxylic acids is 1. The van der Waals surface area contributed by atoms with Crippen molar-refractivity contribution in [1.82, 2.24) is 5.32 Å². The fourth-order valence-corrected chi connectivity index (χ4v) is 1.37. The number of anilines is 1. The van der Waals surface area contributed by atoms with Crippen molar-refractivity contribution in [2.75, 3.05) is 18.4 Å². The standard InChI is InChI=1S/C11H15N3O3/c1-7-2-3-9(8(6-7)10(15)16)13-4-5-14-11(12)17/h2-3,6,13H,4-5H2,1H3,(H,15,16)(H3,12,14,17). The molecule has 0 aliphatic rings. The number of primary amides is 1. The summed E-state index contributed by atoms with van der Waals surface area (Å²) in [6, 6.07) is 4.50. The number of carboxylic acid groups (broad SMARTS) is 1. The molecule has 0 spiro atoms. The molecule has 0 radical (unpaired) electrons. The summed E-state index contributed by atoms with van der Waals surface area (Å²) < 4.78 is 0. The summed E-state index contributed by atoms with van der Waals surface area (Å²) in [5.41, 5.74) is 6.51. The summed E-state index contributed by atoms with van der Waals surface area (Å²) in [4.78, 5) is 21.4. The smallest absolute Gasteiger partial charge is 0.337 e. The lowest BCUT2D eigenvalue weighted by Crippen LogP contribution is -2.33. The molecule has 5 N–H and O–H groups in total. The zero-order valence-electron chi connectivity index (χ0n) is 9.49. The Labute approximate surface area is 98.8 Å². The molecule has 2 amide bonds. The zero-order chi connectivity index (χ0) is 12.8.